The van der Waals surface area contributed by atoms with E-state index in [-0.39, 0.29) is 41.6 Å². The lowest BCUT2D eigenvalue weighted by molar-refractivity contribution is -0.268. The highest BCUT2D eigenvalue weighted by atomic mass is 16.7. The molecule has 0 amide bonds. The van der Waals surface area contributed by atoms with Gasteiger partial charge in [-0.25, -0.2) is 9.59 Å². The number of ketones is 1. The Labute approximate surface area is 233 Å². The highest BCUT2D eigenvalue weighted by molar-refractivity contribution is 6.14. The second-order valence-corrected chi connectivity index (χ2v) is 11.5. The van der Waals surface area contributed by atoms with Crippen molar-refractivity contribution in [2.24, 2.45) is 23.2 Å². The Balaban J connectivity index is 1.60. The number of ether oxygens (including phenoxy) is 3. The first kappa shape index (κ1) is 28.2. The second kappa shape index (κ2) is 10.9. The first-order chi connectivity index (χ1) is 19.2. The summed E-state index contributed by atoms with van der Waals surface area (Å²) in [6.45, 7) is 3.86. The van der Waals surface area contributed by atoms with Crippen LogP contribution in [-0.4, -0.2) is 46.7 Å². The number of aliphatic carboxylic acids is 1. The highest BCUT2D eigenvalue weighted by Gasteiger charge is 2.75. The van der Waals surface area contributed by atoms with Crippen molar-refractivity contribution in [2.45, 2.75) is 89.9 Å². The fourth-order valence-corrected chi connectivity index (χ4v) is 7.40. The van der Waals surface area contributed by atoms with E-state index in [1.807, 2.05) is 38.2 Å². The number of Topliss-reactive ketones (excluding diaryl/α,β-unsaturated/α-hetero) is 1. The molecule has 0 radical (unpaired) electrons. The Morgan fingerprint density at radius 1 is 1.05 bits per heavy atom. The minimum Gasteiger partial charge on any atom is -0.481 e. The molecular formula is C31H36O9. The Morgan fingerprint density at radius 3 is 2.52 bits per heavy atom. The van der Waals surface area contributed by atoms with Crippen LogP contribution in [0.3, 0.4) is 0 Å². The van der Waals surface area contributed by atoms with E-state index < -0.39 is 53.5 Å². The van der Waals surface area contributed by atoms with Crippen LogP contribution in [0.2, 0.25) is 0 Å². The van der Waals surface area contributed by atoms with E-state index >= 15 is 0 Å². The monoisotopic (exact) mass is 552 g/mol. The molecule has 9 nitrogen and oxygen atoms in total. The molecule has 2 aliphatic carbocycles. The number of esters is 3. The molecule has 9 heteroatoms. The fraction of sp³-hybridized carbons (Fsp3) is 0.581. The topological polar surface area (TPSA) is 133 Å². The number of rotatable bonds is 12. The summed E-state index contributed by atoms with van der Waals surface area (Å²) in [6.07, 6.45) is 13.6. The van der Waals surface area contributed by atoms with Crippen LogP contribution in [0, 0.1) is 23.2 Å². The van der Waals surface area contributed by atoms with Crippen molar-refractivity contribution in [3.8, 4) is 0 Å². The molecule has 1 unspecified atom stereocenters. The molecule has 5 bridgehead atoms. The first-order valence-corrected chi connectivity index (χ1v) is 14.3. The van der Waals surface area contributed by atoms with Crippen molar-refractivity contribution >= 4 is 29.7 Å². The molecule has 0 aromatic carbocycles. The molecule has 6 atom stereocenters. The minimum atomic E-state index is -1.82. The lowest BCUT2D eigenvalue weighted by Gasteiger charge is -2.52. The summed E-state index contributed by atoms with van der Waals surface area (Å²) < 4.78 is 17.4. The SMILES string of the molecule is C/C=C/CCCCC[C@@H]1C=C2C34OC(=O)[C@]2(CC(=O)O)CC2=C(C(=O)OC2=O)[C@H]3[C@H]1C[C@H](C(=O)CC/C=C/C)O4. The van der Waals surface area contributed by atoms with E-state index in [1.54, 1.807) is 0 Å². The second-order valence-electron chi connectivity index (χ2n) is 11.5. The molecule has 5 rings (SSSR count). The Bertz CT molecular complexity index is 1250. The summed E-state index contributed by atoms with van der Waals surface area (Å²) in [5.41, 5.74) is -1.25. The maximum absolute atomic E-state index is 13.7. The number of unbranched alkanes of at least 4 members (excludes halogenated alkanes) is 3. The first-order valence-electron chi connectivity index (χ1n) is 14.3. The molecule has 2 fully saturated rings. The van der Waals surface area contributed by atoms with Crippen molar-refractivity contribution in [3.05, 3.63) is 47.1 Å². The maximum atomic E-state index is 13.7. The maximum Gasteiger partial charge on any atom is 0.343 e. The lowest BCUT2D eigenvalue weighted by Crippen LogP contribution is -2.59. The standard InChI is InChI=1S/C31H36O9/c1-3-5-7-8-9-11-12-18-14-23-30(17-24(33)34)16-20-25(28(36)38-27(20)35)26-19(18)15-22(21(32)13-10-6-4-2)39-31(23,26)40-29(30)37/h3-6,14,18-19,22,26H,7-13,15-17H2,1-2H3,(H,33,34)/b5-3+,6-4+/t18-,19+,22-,26-,30+,31?/m1/s1. The third-order valence-corrected chi connectivity index (χ3v) is 9.11. The molecule has 1 N–H and O–H groups in total. The van der Waals surface area contributed by atoms with Crippen LogP contribution < -0.4 is 0 Å². The van der Waals surface area contributed by atoms with Gasteiger partial charge in [0.25, 0.3) is 0 Å². The molecule has 0 aromatic rings. The largest absolute Gasteiger partial charge is 0.481 e. The van der Waals surface area contributed by atoms with Gasteiger partial charge < -0.3 is 19.3 Å². The van der Waals surface area contributed by atoms with Crippen molar-refractivity contribution in [3.63, 3.8) is 0 Å². The van der Waals surface area contributed by atoms with Crippen molar-refractivity contribution < 1.29 is 43.3 Å². The van der Waals surface area contributed by atoms with Crippen LogP contribution in [0.5, 0.6) is 0 Å². The summed E-state index contributed by atoms with van der Waals surface area (Å²) >= 11 is 0. The van der Waals surface area contributed by atoms with Gasteiger partial charge in [-0.05, 0) is 57.8 Å². The Hall–Kier alpha value is -3.33. The predicted molar refractivity (Wildman–Crippen MR) is 141 cm³/mol. The zero-order valence-corrected chi connectivity index (χ0v) is 23.0. The Kier molecular flexibility index (Phi) is 7.70. The van der Waals surface area contributed by atoms with Gasteiger partial charge in [-0.2, -0.15) is 0 Å². The quantitative estimate of drug-likeness (QED) is 0.161. The van der Waals surface area contributed by atoms with E-state index in [0.29, 0.717) is 18.4 Å². The van der Waals surface area contributed by atoms with E-state index in [2.05, 4.69) is 6.08 Å². The molecule has 5 aliphatic rings. The van der Waals surface area contributed by atoms with Gasteiger partial charge in [0, 0.05) is 18.4 Å². The molecule has 1 spiro atoms. The summed E-state index contributed by atoms with van der Waals surface area (Å²) in [6, 6.07) is 0. The average molecular weight is 553 g/mol. The summed E-state index contributed by atoms with van der Waals surface area (Å²) in [7, 11) is 0. The summed E-state index contributed by atoms with van der Waals surface area (Å²) in [5, 5.41) is 9.90. The zero-order valence-electron chi connectivity index (χ0n) is 23.0. The zero-order chi connectivity index (χ0) is 28.7. The van der Waals surface area contributed by atoms with E-state index in [0.717, 1.165) is 32.1 Å². The van der Waals surface area contributed by atoms with Crippen molar-refractivity contribution in [1.29, 1.82) is 0 Å². The number of hydrogen-bond donors (Lipinski definition) is 1. The molecule has 2 saturated heterocycles. The number of carbonyl (C=O) groups is 5. The average Bonchev–Trinajstić information content (AvgIpc) is 3.25. The van der Waals surface area contributed by atoms with Gasteiger partial charge in [0.05, 0.1) is 23.5 Å². The van der Waals surface area contributed by atoms with Gasteiger partial charge in [0.1, 0.15) is 11.5 Å². The predicted octanol–water partition coefficient (Wildman–Crippen LogP) is 4.51. The molecule has 3 aliphatic heterocycles. The van der Waals surface area contributed by atoms with Gasteiger partial charge >= 0.3 is 23.9 Å². The molecule has 214 valence electrons. The Morgan fingerprint density at radius 2 is 1.80 bits per heavy atom. The van der Waals surface area contributed by atoms with Gasteiger partial charge in [-0.3, -0.25) is 14.4 Å². The molecule has 3 heterocycles. The van der Waals surface area contributed by atoms with E-state index in [1.165, 1.54) is 0 Å². The van der Waals surface area contributed by atoms with Gasteiger partial charge in [-0.15, -0.1) is 0 Å². The van der Waals surface area contributed by atoms with Crippen LogP contribution in [0.15, 0.2) is 47.1 Å². The molecular weight excluding hydrogens is 516 g/mol. The number of cyclic esters (lactones) is 2. The molecule has 0 saturated carbocycles. The van der Waals surface area contributed by atoms with Gasteiger partial charge in [-0.1, -0.05) is 43.2 Å². The van der Waals surface area contributed by atoms with Gasteiger partial charge in [0.2, 0.25) is 5.79 Å². The fourth-order valence-electron chi connectivity index (χ4n) is 7.40. The highest BCUT2D eigenvalue weighted by Crippen LogP contribution is 2.67. The number of allylic oxidation sites excluding steroid dienone is 5. The van der Waals surface area contributed by atoms with Crippen LogP contribution in [0.1, 0.15) is 78.1 Å². The lowest BCUT2D eigenvalue weighted by atomic mass is 9.59. The van der Waals surface area contributed by atoms with Gasteiger partial charge in [0.15, 0.2) is 5.78 Å². The van der Waals surface area contributed by atoms with Crippen LogP contribution >= 0.6 is 0 Å². The van der Waals surface area contributed by atoms with Crippen LogP contribution in [0.25, 0.3) is 0 Å². The molecule has 40 heavy (non-hydrogen) atoms. The van der Waals surface area contributed by atoms with Crippen LogP contribution in [0.4, 0.5) is 0 Å². The third kappa shape index (κ3) is 4.48. The normalized spacial score (nSPS) is 34.1. The van der Waals surface area contributed by atoms with E-state index in [9.17, 15) is 29.1 Å². The number of carboxylic acid groups (broad SMARTS) is 1. The molecule has 0 aromatic heterocycles. The number of hydrogen-bond acceptors (Lipinski definition) is 8. The minimum absolute atomic E-state index is 0.0270. The van der Waals surface area contributed by atoms with E-state index in [4.69, 9.17) is 14.2 Å². The van der Waals surface area contributed by atoms with Crippen molar-refractivity contribution in [2.75, 3.05) is 0 Å². The number of carboxylic acids is 1. The van der Waals surface area contributed by atoms with Crippen molar-refractivity contribution in [1.82, 2.24) is 0 Å². The summed E-state index contributed by atoms with van der Waals surface area (Å²) in [5.74, 6) is -7.03. The summed E-state index contributed by atoms with van der Waals surface area (Å²) in [4.78, 5) is 65.1. The third-order valence-electron chi connectivity index (χ3n) is 9.11. The number of carbonyl (C=O) groups excluding carboxylic acids is 4. The smallest absolute Gasteiger partial charge is 0.343 e. The van der Waals surface area contributed by atoms with Crippen LogP contribution in [-0.2, 0) is 38.2 Å².